The first kappa shape index (κ1) is 16.1. The molecular weight excluding hydrogens is 363 g/mol. The van der Waals surface area contributed by atoms with E-state index in [-0.39, 0.29) is 15.6 Å². The first-order chi connectivity index (χ1) is 12.8. The molecule has 1 N–H and O–H groups in total. The van der Waals surface area contributed by atoms with Crippen molar-refractivity contribution in [2.75, 3.05) is 0 Å². The SMILES string of the molecule is FC(F)(F)C(F)(F)n1c2ccccc2c2cc3c(cc21)[nH]c1ccccc13. The van der Waals surface area contributed by atoms with Crippen molar-refractivity contribution >= 4 is 43.6 Å². The first-order valence-corrected chi connectivity index (χ1v) is 8.18. The van der Waals surface area contributed by atoms with Gasteiger partial charge in [0.05, 0.1) is 11.0 Å². The molecule has 3 aromatic carbocycles. The molecule has 0 radical (unpaired) electrons. The fourth-order valence-electron chi connectivity index (χ4n) is 3.74. The Balaban J connectivity index is 2.00. The van der Waals surface area contributed by atoms with Gasteiger partial charge in [-0.05, 0) is 24.3 Å². The molecule has 0 spiro atoms. The van der Waals surface area contributed by atoms with E-state index in [2.05, 4.69) is 4.98 Å². The Bertz CT molecular complexity index is 1340. The lowest BCUT2D eigenvalue weighted by Crippen LogP contribution is -2.39. The third-order valence-corrected chi connectivity index (χ3v) is 4.92. The molecule has 0 amide bonds. The van der Waals surface area contributed by atoms with Crippen molar-refractivity contribution in [2.45, 2.75) is 12.2 Å². The van der Waals surface area contributed by atoms with Gasteiger partial charge in [0.1, 0.15) is 0 Å². The average Bonchev–Trinajstić information content (AvgIpc) is 3.14. The summed E-state index contributed by atoms with van der Waals surface area (Å²) >= 11 is 0. The zero-order valence-corrected chi connectivity index (χ0v) is 13.6. The highest BCUT2D eigenvalue weighted by atomic mass is 19.4. The summed E-state index contributed by atoms with van der Waals surface area (Å²) in [6.45, 7) is 0. The number of aromatic amines is 1. The van der Waals surface area contributed by atoms with Crippen molar-refractivity contribution in [3.8, 4) is 0 Å². The van der Waals surface area contributed by atoms with E-state index in [0.717, 1.165) is 16.3 Å². The number of para-hydroxylation sites is 2. The maximum Gasteiger partial charge on any atom is 0.475 e. The number of aromatic nitrogens is 2. The topological polar surface area (TPSA) is 20.7 Å². The first-order valence-electron chi connectivity index (χ1n) is 8.18. The molecule has 2 nitrogen and oxygen atoms in total. The maximum absolute atomic E-state index is 14.4. The Kier molecular flexibility index (Phi) is 2.98. The van der Waals surface area contributed by atoms with Crippen LogP contribution in [0.4, 0.5) is 22.0 Å². The number of hydrogen-bond donors (Lipinski definition) is 1. The van der Waals surface area contributed by atoms with Crippen LogP contribution >= 0.6 is 0 Å². The van der Waals surface area contributed by atoms with Gasteiger partial charge in [-0.3, -0.25) is 4.57 Å². The molecule has 27 heavy (non-hydrogen) atoms. The molecule has 0 atom stereocenters. The molecule has 0 saturated heterocycles. The molecule has 0 unspecified atom stereocenters. The summed E-state index contributed by atoms with van der Waals surface area (Å²) in [5, 5.41) is 2.36. The molecule has 0 saturated carbocycles. The van der Waals surface area contributed by atoms with Crippen molar-refractivity contribution in [2.24, 2.45) is 0 Å². The number of nitrogens with one attached hydrogen (secondary N) is 1. The minimum atomic E-state index is -5.71. The number of halogens is 5. The van der Waals surface area contributed by atoms with E-state index in [4.69, 9.17) is 0 Å². The van der Waals surface area contributed by atoms with Gasteiger partial charge in [-0.1, -0.05) is 36.4 Å². The summed E-state index contributed by atoms with van der Waals surface area (Å²) in [6.07, 6.45) is -5.71. The van der Waals surface area contributed by atoms with Gasteiger partial charge in [-0.2, -0.15) is 22.0 Å². The predicted octanol–water partition coefficient (Wildman–Crippen LogP) is 6.54. The second-order valence-electron chi connectivity index (χ2n) is 6.48. The Hall–Kier alpha value is -3.09. The molecule has 7 heteroatoms. The Labute approximate surface area is 148 Å². The standard InChI is InChI=1S/C20H11F5N2/c21-19(22,23)20(24,25)27-17-8-4-2-6-12(17)14-9-13-11-5-1-3-7-15(11)26-16(13)10-18(14)27/h1-10,26H. The molecular formula is C20H11F5N2. The number of rotatable bonds is 1. The third kappa shape index (κ3) is 2.05. The second kappa shape index (κ2) is 5.00. The Morgan fingerprint density at radius 1 is 0.630 bits per heavy atom. The van der Waals surface area contributed by atoms with Crippen LogP contribution in [0.2, 0.25) is 0 Å². The quantitative estimate of drug-likeness (QED) is 0.322. The van der Waals surface area contributed by atoms with Crippen LogP contribution in [0.15, 0.2) is 60.7 Å². The molecule has 0 aliphatic heterocycles. The molecule has 5 aromatic rings. The minimum Gasteiger partial charge on any atom is -0.354 e. The van der Waals surface area contributed by atoms with Crippen LogP contribution in [-0.4, -0.2) is 15.7 Å². The van der Waals surface area contributed by atoms with E-state index < -0.39 is 12.2 Å². The number of benzene rings is 3. The van der Waals surface area contributed by atoms with Crippen molar-refractivity contribution < 1.29 is 22.0 Å². The highest BCUT2D eigenvalue weighted by Crippen LogP contribution is 2.46. The Morgan fingerprint density at radius 2 is 1.30 bits per heavy atom. The lowest BCUT2D eigenvalue weighted by molar-refractivity contribution is -0.321. The van der Waals surface area contributed by atoms with Crippen molar-refractivity contribution in [1.29, 1.82) is 0 Å². The Morgan fingerprint density at radius 3 is 2.04 bits per heavy atom. The molecule has 2 heterocycles. The molecule has 0 aliphatic rings. The van der Waals surface area contributed by atoms with Gasteiger partial charge in [-0.15, -0.1) is 0 Å². The minimum absolute atomic E-state index is 0.0859. The van der Waals surface area contributed by atoms with E-state index in [0.29, 0.717) is 16.3 Å². The smallest absolute Gasteiger partial charge is 0.354 e. The van der Waals surface area contributed by atoms with Gasteiger partial charge >= 0.3 is 12.2 Å². The fraction of sp³-hybridized carbons (Fsp3) is 0.100. The fourth-order valence-corrected chi connectivity index (χ4v) is 3.74. The third-order valence-electron chi connectivity index (χ3n) is 4.92. The van der Waals surface area contributed by atoms with Gasteiger partial charge in [-0.25, -0.2) is 0 Å². The van der Waals surface area contributed by atoms with Gasteiger partial charge in [0.25, 0.3) is 0 Å². The lowest BCUT2D eigenvalue weighted by atomic mass is 10.1. The summed E-state index contributed by atoms with van der Waals surface area (Å²) in [5.41, 5.74) is 0.966. The van der Waals surface area contributed by atoms with Crippen molar-refractivity contribution in [3.05, 3.63) is 60.7 Å². The average molecular weight is 374 g/mol. The largest absolute Gasteiger partial charge is 0.475 e. The summed E-state index contributed by atoms with van der Waals surface area (Å²) < 4.78 is 68.3. The molecule has 136 valence electrons. The number of nitrogens with zero attached hydrogens (tertiary/aromatic N) is 1. The van der Waals surface area contributed by atoms with Crippen LogP contribution in [0.25, 0.3) is 43.6 Å². The predicted molar refractivity (Wildman–Crippen MR) is 95.1 cm³/mol. The van der Waals surface area contributed by atoms with Crippen LogP contribution in [-0.2, 0) is 6.05 Å². The van der Waals surface area contributed by atoms with E-state index in [1.54, 1.807) is 18.2 Å². The lowest BCUT2D eigenvalue weighted by Gasteiger charge is -2.23. The summed E-state index contributed by atoms with van der Waals surface area (Å²) in [7, 11) is 0. The van der Waals surface area contributed by atoms with E-state index in [9.17, 15) is 22.0 Å². The van der Waals surface area contributed by atoms with E-state index in [1.165, 1.54) is 18.2 Å². The van der Waals surface area contributed by atoms with Gasteiger partial charge < -0.3 is 4.98 Å². The molecule has 5 rings (SSSR count). The van der Waals surface area contributed by atoms with Gasteiger partial charge in [0, 0.05) is 32.6 Å². The molecule has 0 bridgehead atoms. The van der Waals surface area contributed by atoms with Crippen molar-refractivity contribution in [3.63, 3.8) is 0 Å². The molecule has 2 aromatic heterocycles. The van der Waals surface area contributed by atoms with Crippen LogP contribution in [0.3, 0.4) is 0 Å². The second-order valence-corrected chi connectivity index (χ2v) is 6.48. The van der Waals surface area contributed by atoms with Crippen LogP contribution in [0, 0.1) is 0 Å². The van der Waals surface area contributed by atoms with Crippen LogP contribution in [0.1, 0.15) is 0 Å². The number of H-pyrrole nitrogens is 1. The molecule has 0 aliphatic carbocycles. The van der Waals surface area contributed by atoms with Crippen molar-refractivity contribution in [1.82, 2.24) is 9.55 Å². The van der Waals surface area contributed by atoms with Crippen LogP contribution < -0.4 is 0 Å². The van der Waals surface area contributed by atoms with Gasteiger partial charge in [0.2, 0.25) is 0 Å². The maximum atomic E-state index is 14.4. The molecule has 0 fully saturated rings. The summed E-state index contributed by atoms with van der Waals surface area (Å²) in [6, 6.07) is 11.3. The number of fused-ring (bicyclic) bond motifs is 6. The van der Waals surface area contributed by atoms with E-state index in [1.807, 2.05) is 24.3 Å². The summed E-state index contributed by atoms with van der Waals surface area (Å²) in [5.74, 6) is 0. The van der Waals surface area contributed by atoms with Gasteiger partial charge in [0.15, 0.2) is 0 Å². The summed E-state index contributed by atoms with van der Waals surface area (Å²) in [4.78, 5) is 3.09. The normalized spacial score (nSPS) is 13.4. The number of alkyl halides is 5. The zero-order chi connectivity index (χ0) is 19.0. The highest BCUT2D eigenvalue weighted by molar-refractivity contribution is 6.17. The zero-order valence-electron chi connectivity index (χ0n) is 13.6. The monoisotopic (exact) mass is 374 g/mol. The number of hydrogen-bond acceptors (Lipinski definition) is 0. The van der Waals surface area contributed by atoms with Crippen LogP contribution in [0.5, 0.6) is 0 Å². The highest BCUT2D eigenvalue weighted by Gasteiger charge is 2.60. The van der Waals surface area contributed by atoms with E-state index >= 15 is 0 Å².